The number of piperidine rings is 1. The number of hydrogen-bond acceptors (Lipinski definition) is 5. The van der Waals surface area contributed by atoms with E-state index in [0.29, 0.717) is 57.2 Å². The van der Waals surface area contributed by atoms with Gasteiger partial charge < -0.3 is 24.6 Å². The van der Waals surface area contributed by atoms with E-state index in [0.717, 1.165) is 11.1 Å². The Morgan fingerprint density at radius 2 is 1.67 bits per heavy atom. The van der Waals surface area contributed by atoms with Crippen LogP contribution < -0.4 is 9.47 Å². The first-order valence-corrected chi connectivity index (χ1v) is 9.32. The first-order valence-electron chi connectivity index (χ1n) is 9.32. The summed E-state index contributed by atoms with van der Waals surface area (Å²) in [5.74, 6) is 1.07. The van der Waals surface area contributed by atoms with E-state index in [1.807, 2.05) is 18.2 Å². The molecule has 1 fully saturated rings. The molecule has 6 heteroatoms. The van der Waals surface area contributed by atoms with Crippen LogP contribution in [0.4, 0.5) is 4.39 Å². The van der Waals surface area contributed by atoms with Crippen molar-refractivity contribution in [3.8, 4) is 11.5 Å². The van der Waals surface area contributed by atoms with Crippen molar-refractivity contribution >= 4 is 0 Å². The smallest absolute Gasteiger partial charge is 0.161 e. The van der Waals surface area contributed by atoms with Gasteiger partial charge in [0.15, 0.2) is 11.5 Å². The maximum Gasteiger partial charge on any atom is 0.161 e. The highest BCUT2D eigenvalue weighted by molar-refractivity contribution is 5.44. The van der Waals surface area contributed by atoms with Crippen molar-refractivity contribution in [3.63, 3.8) is 0 Å². The SMILES string of the molecule is O[C@@H](CN1CCC(O)(c2ccc(F)cc2)CC1)c1ccc2c(c1)OCCO2. The zero-order valence-electron chi connectivity index (χ0n) is 15.1. The molecule has 2 aromatic carbocycles. The number of β-amino-alcohol motifs (C(OH)–C–C–N with tert-alkyl or cyclic N) is 1. The van der Waals surface area contributed by atoms with Gasteiger partial charge in [0.2, 0.25) is 0 Å². The molecule has 144 valence electrons. The van der Waals surface area contributed by atoms with Gasteiger partial charge in [0, 0.05) is 19.6 Å². The number of ether oxygens (including phenoxy) is 2. The third-order valence-corrected chi connectivity index (χ3v) is 5.45. The topological polar surface area (TPSA) is 62.2 Å². The van der Waals surface area contributed by atoms with Gasteiger partial charge in [0.25, 0.3) is 0 Å². The summed E-state index contributed by atoms with van der Waals surface area (Å²) in [5.41, 5.74) is 0.598. The summed E-state index contributed by atoms with van der Waals surface area (Å²) in [4.78, 5) is 2.14. The van der Waals surface area contributed by atoms with Gasteiger partial charge in [-0.25, -0.2) is 4.39 Å². The molecule has 27 heavy (non-hydrogen) atoms. The van der Waals surface area contributed by atoms with E-state index < -0.39 is 11.7 Å². The van der Waals surface area contributed by atoms with Crippen molar-refractivity contribution in [2.24, 2.45) is 0 Å². The summed E-state index contributed by atoms with van der Waals surface area (Å²) >= 11 is 0. The summed E-state index contributed by atoms with van der Waals surface area (Å²) in [6.07, 6.45) is 0.455. The average Bonchev–Trinajstić information content (AvgIpc) is 2.70. The molecule has 2 aliphatic rings. The summed E-state index contributed by atoms with van der Waals surface area (Å²) in [6.45, 7) is 2.87. The van der Waals surface area contributed by atoms with Crippen LogP contribution in [0.25, 0.3) is 0 Å². The van der Waals surface area contributed by atoms with Gasteiger partial charge in [-0.2, -0.15) is 0 Å². The average molecular weight is 373 g/mol. The van der Waals surface area contributed by atoms with Crippen molar-refractivity contribution < 1.29 is 24.1 Å². The van der Waals surface area contributed by atoms with Crippen molar-refractivity contribution in [3.05, 3.63) is 59.4 Å². The molecule has 1 saturated heterocycles. The molecule has 5 nitrogen and oxygen atoms in total. The van der Waals surface area contributed by atoms with Crippen LogP contribution in [0.2, 0.25) is 0 Å². The fourth-order valence-electron chi connectivity index (χ4n) is 3.77. The van der Waals surface area contributed by atoms with Crippen molar-refractivity contribution in [1.29, 1.82) is 0 Å². The summed E-state index contributed by atoms with van der Waals surface area (Å²) in [7, 11) is 0. The number of fused-ring (bicyclic) bond motifs is 1. The van der Waals surface area contributed by atoms with E-state index in [2.05, 4.69) is 4.90 Å². The second kappa shape index (κ2) is 7.46. The molecular weight excluding hydrogens is 349 g/mol. The zero-order valence-corrected chi connectivity index (χ0v) is 15.1. The Hall–Kier alpha value is -2.15. The second-order valence-electron chi connectivity index (χ2n) is 7.26. The first kappa shape index (κ1) is 18.2. The van der Waals surface area contributed by atoms with Crippen LogP contribution in [0.15, 0.2) is 42.5 Å². The molecule has 4 rings (SSSR count). The summed E-state index contributed by atoms with van der Waals surface area (Å²) < 4.78 is 24.2. The van der Waals surface area contributed by atoms with Crippen LogP contribution in [0.3, 0.4) is 0 Å². The third kappa shape index (κ3) is 3.93. The molecule has 2 aromatic rings. The molecule has 1 atom stereocenters. The normalized spacial score (nSPS) is 20.3. The number of rotatable bonds is 4. The van der Waals surface area contributed by atoms with Crippen molar-refractivity contribution in [2.45, 2.75) is 24.5 Å². The van der Waals surface area contributed by atoms with Gasteiger partial charge >= 0.3 is 0 Å². The van der Waals surface area contributed by atoms with E-state index in [1.165, 1.54) is 12.1 Å². The number of benzene rings is 2. The molecule has 2 heterocycles. The number of aliphatic hydroxyl groups excluding tert-OH is 1. The van der Waals surface area contributed by atoms with Gasteiger partial charge in [0.1, 0.15) is 19.0 Å². The van der Waals surface area contributed by atoms with E-state index in [4.69, 9.17) is 9.47 Å². The minimum atomic E-state index is -0.938. The molecule has 0 aromatic heterocycles. The Labute approximate surface area is 158 Å². The Bertz CT molecular complexity index is 787. The summed E-state index contributed by atoms with van der Waals surface area (Å²) in [5, 5.41) is 21.5. The van der Waals surface area contributed by atoms with Crippen LogP contribution in [-0.4, -0.2) is 48.0 Å². The van der Waals surface area contributed by atoms with Gasteiger partial charge in [-0.3, -0.25) is 0 Å². The fraction of sp³-hybridized carbons (Fsp3) is 0.429. The van der Waals surface area contributed by atoms with Gasteiger partial charge in [-0.15, -0.1) is 0 Å². The van der Waals surface area contributed by atoms with Gasteiger partial charge in [-0.05, 0) is 48.2 Å². The highest BCUT2D eigenvalue weighted by Gasteiger charge is 2.34. The fourth-order valence-corrected chi connectivity index (χ4v) is 3.77. The number of nitrogens with zero attached hydrogens (tertiary/aromatic N) is 1. The van der Waals surface area contributed by atoms with E-state index >= 15 is 0 Å². The lowest BCUT2D eigenvalue weighted by atomic mass is 9.84. The predicted octanol–water partition coefficient (Wildman–Crippen LogP) is 2.61. The summed E-state index contributed by atoms with van der Waals surface area (Å²) in [6, 6.07) is 11.6. The number of likely N-dealkylation sites (tertiary alicyclic amines) is 1. The van der Waals surface area contributed by atoms with Crippen LogP contribution >= 0.6 is 0 Å². The van der Waals surface area contributed by atoms with E-state index in [1.54, 1.807) is 12.1 Å². The van der Waals surface area contributed by atoms with Crippen LogP contribution in [0, 0.1) is 5.82 Å². The minimum absolute atomic E-state index is 0.303. The highest BCUT2D eigenvalue weighted by atomic mass is 19.1. The Morgan fingerprint density at radius 3 is 2.37 bits per heavy atom. The lowest BCUT2D eigenvalue weighted by Crippen LogP contribution is -2.44. The molecule has 0 amide bonds. The second-order valence-corrected chi connectivity index (χ2v) is 7.26. The molecule has 0 aliphatic carbocycles. The minimum Gasteiger partial charge on any atom is -0.486 e. The monoisotopic (exact) mass is 373 g/mol. The van der Waals surface area contributed by atoms with E-state index in [9.17, 15) is 14.6 Å². The maximum absolute atomic E-state index is 13.1. The van der Waals surface area contributed by atoms with Crippen LogP contribution in [0.1, 0.15) is 30.1 Å². The highest BCUT2D eigenvalue weighted by Crippen LogP contribution is 2.35. The molecule has 0 unspecified atom stereocenters. The maximum atomic E-state index is 13.1. The first-order chi connectivity index (χ1) is 13.0. The largest absolute Gasteiger partial charge is 0.486 e. The molecule has 2 N–H and O–H groups in total. The third-order valence-electron chi connectivity index (χ3n) is 5.45. The lowest BCUT2D eigenvalue weighted by molar-refractivity contribution is -0.0345. The molecular formula is C21H24FNO4. The number of aliphatic hydroxyl groups is 2. The molecule has 2 aliphatic heterocycles. The van der Waals surface area contributed by atoms with Crippen molar-refractivity contribution in [1.82, 2.24) is 4.90 Å². The Morgan fingerprint density at radius 1 is 1.00 bits per heavy atom. The van der Waals surface area contributed by atoms with Crippen LogP contribution in [0.5, 0.6) is 11.5 Å². The Kier molecular flexibility index (Phi) is 5.04. The molecule has 0 bridgehead atoms. The standard InChI is InChI=1S/C21H24FNO4/c22-17-4-2-16(3-5-17)21(25)7-9-23(10-8-21)14-18(24)15-1-6-19-20(13-15)27-12-11-26-19/h1-6,13,18,24-25H,7-12,14H2/t18-/m0/s1. The van der Waals surface area contributed by atoms with Gasteiger partial charge in [-0.1, -0.05) is 18.2 Å². The molecule has 0 spiro atoms. The van der Waals surface area contributed by atoms with Crippen molar-refractivity contribution in [2.75, 3.05) is 32.8 Å². The Balaban J connectivity index is 1.36. The quantitative estimate of drug-likeness (QED) is 0.863. The molecule has 0 saturated carbocycles. The van der Waals surface area contributed by atoms with E-state index in [-0.39, 0.29) is 5.82 Å². The van der Waals surface area contributed by atoms with Gasteiger partial charge in [0.05, 0.1) is 11.7 Å². The molecule has 0 radical (unpaired) electrons. The number of hydrogen-bond donors (Lipinski definition) is 2. The number of halogens is 1. The van der Waals surface area contributed by atoms with Crippen LogP contribution in [-0.2, 0) is 5.60 Å². The zero-order chi connectivity index (χ0) is 18.9. The lowest BCUT2D eigenvalue weighted by Gasteiger charge is -2.39. The predicted molar refractivity (Wildman–Crippen MR) is 98.4 cm³/mol.